The van der Waals surface area contributed by atoms with Gasteiger partial charge in [0.1, 0.15) is 5.82 Å². The molecule has 10 nitrogen and oxygen atoms in total. The van der Waals surface area contributed by atoms with Crippen molar-refractivity contribution in [2.45, 2.75) is 18.2 Å². The van der Waals surface area contributed by atoms with Gasteiger partial charge in [0.25, 0.3) is 10.0 Å². The van der Waals surface area contributed by atoms with E-state index in [-0.39, 0.29) is 4.90 Å². The van der Waals surface area contributed by atoms with Gasteiger partial charge in [0.05, 0.1) is 31.3 Å². The zero-order valence-corrected chi connectivity index (χ0v) is 20.2. The van der Waals surface area contributed by atoms with Crippen molar-refractivity contribution >= 4 is 33.2 Å². The van der Waals surface area contributed by atoms with Crippen molar-refractivity contribution in [2.75, 3.05) is 54.5 Å². The Kier molecular flexibility index (Phi) is 6.60. The SMILES string of the molecule is Cc1cc(N2CCOCC2)nc(Nc2ccc(NS(=O)(=O)c3ccc4c(c3)OCCCO4)cc2)n1. The number of sulfonamides is 1. The minimum atomic E-state index is -3.80. The van der Waals surface area contributed by atoms with Crippen LogP contribution in [0.2, 0.25) is 0 Å². The topological polar surface area (TPSA) is 115 Å². The first-order valence-electron chi connectivity index (χ1n) is 11.4. The van der Waals surface area contributed by atoms with Crippen LogP contribution in [0.5, 0.6) is 11.5 Å². The van der Waals surface area contributed by atoms with Crippen LogP contribution >= 0.6 is 0 Å². The van der Waals surface area contributed by atoms with Crippen molar-refractivity contribution in [3.05, 3.63) is 54.2 Å². The molecule has 2 N–H and O–H groups in total. The lowest BCUT2D eigenvalue weighted by molar-refractivity contribution is 0.122. The average Bonchev–Trinajstić information content (AvgIpc) is 3.10. The molecule has 3 heterocycles. The number of hydrogen-bond donors (Lipinski definition) is 2. The number of rotatable bonds is 6. The molecular formula is C24H27N5O5S. The fourth-order valence-corrected chi connectivity index (χ4v) is 4.91. The second-order valence-corrected chi connectivity index (χ2v) is 9.94. The van der Waals surface area contributed by atoms with Crippen LogP contribution in [-0.4, -0.2) is 57.9 Å². The van der Waals surface area contributed by atoms with Crippen molar-refractivity contribution in [1.82, 2.24) is 9.97 Å². The van der Waals surface area contributed by atoms with Crippen LogP contribution in [0, 0.1) is 6.92 Å². The van der Waals surface area contributed by atoms with E-state index in [2.05, 4.69) is 24.9 Å². The van der Waals surface area contributed by atoms with E-state index in [1.165, 1.54) is 12.1 Å². The highest BCUT2D eigenvalue weighted by Gasteiger charge is 2.19. The average molecular weight is 498 g/mol. The molecule has 2 aliphatic rings. The van der Waals surface area contributed by atoms with Crippen molar-refractivity contribution in [3.8, 4) is 11.5 Å². The van der Waals surface area contributed by atoms with Crippen molar-refractivity contribution in [1.29, 1.82) is 0 Å². The van der Waals surface area contributed by atoms with Gasteiger partial charge in [-0.25, -0.2) is 13.4 Å². The third-order valence-corrected chi connectivity index (χ3v) is 6.98. The van der Waals surface area contributed by atoms with Crippen LogP contribution in [0.3, 0.4) is 0 Å². The van der Waals surface area contributed by atoms with Crippen LogP contribution in [0.1, 0.15) is 12.1 Å². The van der Waals surface area contributed by atoms with Crippen LogP contribution in [0.4, 0.5) is 23.1 Å². The number of hydrogen-bond acceptors (Lipinski definition) is 9. The van der Waals surface area contributed by atoms with E-state index in [9.17, 15) is 8.42 Å². The molecule has 11 heteroatoms. The van der Waals surface area contributed by atoms with Gasteiger partial charge in [0.2, 0.25) is 5.95 Å². The second kappa shape index (κ2) is 9.96. The number of benzene rings is 2. The molecule has 0 aliphatic carbocycles. The standard InChI is InChI=1S/C24H27N5O5S/c1-17-15-23(29-9-13-32-14-10-29)27-24(25-17)26-18-3-5-19(6-4-18)28-35(30,31)20-7-8-21-22(16-20)34-12-2-11-33-21/h3-8,15-16,28H,2,9-14H2,1H3,(H,25,26,27). The molecule has 0 unspecified atom stereocenters. The largest absolute Gasteiger partial charge is 0.490 e. The number of ether oxygens (including phenoxy) is 3. The Morgan fingerprint density at radius 1 is 0.857 bits per heavy atom. The Bertz CT molecular complexity index is 1290. The number of aromatic nitrogens is 2. The molecule has 0 spiro atoms. The van der Waals surface area contributed by atoms with E-state index in [1.807, 2.05) is 13.0 Å². The van der Waals surface area contributed by atoms with E-state index in [1.54, 1.807) is 30.3 Å². The van der Waals surface area contributed by atoms with Crippen molar-refractivity contribution in [3.63, 3.8) is 0 Å². The maximum atomic E-state index is 12.9. The number of morpholine rings is 1. The first kappa shape index (κ1) is 23.2. The Morgan fingerprint density at radius 3 is 2.34 bits per heavy atom. The predicted octanol–water partition coefficient (Wildman–Crippen LogP) is 3.33. The second-order valence-electron chi connectivity index (χ2n) is 8.26. The van der Waals surface area contributed by atoms with Gasteiger partial charge in [-0.2, -0.15) is 4.98 Å². The summed E-state index contributed by atoms with van der Waals surface area (Å²) >= 11 is 0. The third kappa shape index (κ3) is 5.57. The molecule has 5 rings (SSSR count). The molecule has 1 fully saturated rings. The molecule has 0 radical (unpaired) electrons. The molecule has 1 saturated heterocycles. The molecule has 2 aliphatic heterocycles. The third-order valence-electron chi connectivity index (χ3n) is 5.60. The monoisotopic (exact) mass is 497 g/mol. The normalized spacial score (nSPS) is 15.9. The van der Waals surface area contributed by atoms with Gasteiger partial charge in [-0.3, -0.25) is 4.72 Å². The summed E-state index contributed by atoms with van der Waals surface area (Å²) in [4.78, 5) is 11.4. The van der Waals surface area contributed by atoms with Gasteiger partial charge >= 0.3 is 0 Å². The molecule has 1 aromatic heterocycles. The molecule has 0 atom stereocenters. The van der Waals surface area contributed by atoms with Crippen LogP contribution in [0.25, 0.3) is 0 Å². The minimum Gasteiger partial charge on any atom is -0.490 e. The number of nitrogens with zero attached hydrogens (tertiary/aromatic N) is 3. The van der Waals surface area contributed by atoms with Gasteiger partial charge in [0.15, 0.2) is 11.5 Å². The number of nitrogens with one attached hydrogen (secondary N) is 2. The van der Waals surface area contributed by atoms with E-state index in [4.69, 9.17) is 14.2 Å². The highest BCUT2D eigenvalue weighted by Crippen LogP contribution is 2.32. The fourth-order valence-electron chi connectivity index (χ4n) is 3.84. The molecular weight excluding hydrogens is 470 g/mol. The Balaban J connectivity index is 1.28. The van der Waals surface area contributed by atoms with Crippen LogP contribution in [-0.2, 0) is 14.8 Å². The summed E-state index contributed by atoms with van der Waals surface area (Å²) in [6.45, 7) is 5.87. The van der Waals surface area contributed by atoms with Gasteiger partial charge in [-0.1, -0.05) is 0 Å². The molecule has 0 bridgehead atoms. The van der Waals surface area contributed by atoms with Crippen LogP contribution in [0.15, 0.2) is 53.4 Å². The van der Waals surface area contributed by atoms with Gasteiger partial charge < -0.3 is 24.4 Å². The molecule has 2 aromatic carbocycles. The Morgan fingerprint density at radius 2 is 1.57 bits per heavy atom. The Labute approximate surface area is 204 Å². The molecule has 0 amide bonds. The fraction of sp³-hybridized carbons (Fsp3) is 0.333. The maximum Gasteiger partial charge on any atom is 0.262 e. The summed E-state index contributed by atoms with van der Waals surface area (Å²) in [6, 6.07) is 13.5. The zero-order chi connectivity index (χ0) is 24.3. The molecule has 3 aromatic rings. The first-order chi connectivity index (χ1) is 17.0. The minimum absolute atomic E-state index is 0.104. The van der Waals surface area contributed by atoms with Gasteiger partial charge in [-0.15, -0.1) is 0 Å². The van der Waals surface area contributed by atoms with Crippen molar-refractivity contribution in [2.24, 2.45) is 0 Å². The summed E-state index contributed by atoms with van der Waals surface area (Å²) in [6.07, 6.45) is 0.748. The van der Waals surface area contributed by atoms with Gasteiger partial charge in [0, 0.05) is 48.7 Å². The summed E-state index contributed by atoms with van der Waals surface area (Å²) in [5.41, 5.74) is 2.02. The first-order valence-corrected chi connectivity index (χ1v) is 12.9. The zero-order valence-electron chi connectivity index (χ0n) is 19.4. The summed E-state index contributed by atoms with van der Waals surface area (Å²) in [7, 11) is -3.80. The molecule has 0 saturated carbocycles. The summed E-state index contributed by atoms with van der Waals surface area (Å²) in [5.74, 6) is 2.31. The molecule has 35 heavy (non-hydrogen) atoms. The predicted molar refractivity (Wildman–Crippen MR) is 132 cm³/mol. The lowest BCUT2D eigenvalue weighted by Crippen LogP contribution is -2.36. The van der Waals surface area contributed by atoms with E-state index >= 15 is 0 Å². The summed E-state index contributed by atoms with van der Waals surface area (Å²) < 4.78 is 45.1. The summed E-state index contributed by atoms with van der Waals surface area (Å²) in [5, 5.41) is 3.20. The van der Waals surface area contributed by atoms with Crippen molar-refractivity contribution < 1.29 is 22.6 Å². The highest BCUT2D eigenvalue weighted by molar-refractivity contribution is 7.92. The highest BCUT2D eigenvalue weighted by atomic mass is 32.2. The van der Waals surface area contributed by atoms with Crippen LogP contribution < -0.4 is 24.4 Å². The quantitative estimate of drug-likeness (QED) is 0.529. The maximum absolute atomic E-state index is 12.9. The van der Waals surface area contributed by atoms with Gasteiger partial charge in [-0.05, 0) is 43.3 Å². The smallest absolute Gasteiger partial charge is 0.262 e. The van der Waals surface area contributed by atoms with E-state index in [0.29, 0.717) is 49.6 Å². The number of anilines is 4. The van der Waals surface area contributed by atoms with E-state index in [0.717, 1.165) is 36.7 Å². The Hall–Kier alpha value is -3.57. The van der Waals surface area contributed by atoms with E-state index < -0.39 is 10.0 Å². The lowest BCUT2D eigenvalue weighted by Gasteiger charge is -2.28. The molecule has 184 valence electrons. The lowest BCUT2D eigenvalue weighted by atomic mass is 10.3. The number of fused-ring (bicyclic) bond motifs is 1. The number of aryl methyl sites for hydroxylation is 1.